The predicted molar refractivity (Wildman–Crippen MR) is 61.3 cm³/mol. The first-order valence-electron chi connectivity index (χ1n) is 4.41. The first-order valence-corrected chi connectivity index (χ1v) is 4.84. The van der Waals surface area contributed by atoms with E-state index in [9.17, 15) is 0 Å². The Morgan fingerprint density at radius 2 is 2.21 bits per heavy atom. The summed E-state index contributed by atoms with van der Waals surface area (Å²) in [6, 6.07) is 7.96. The lowest BCUT2D eigenvalue weighted by Gasteiger charge is -2.01. The highest BCUT2D eigenvalue weighted by Gasteiger charge is 1.99. The third-order valence-corrected chi connectivity index (χ3v) is 2.37. The predicted octanol–water partition coefficient (Wildman–Crippen LogP) is 2.98. The molecule has 1 heterocycles. The molecule has 1 aromatic heterocycles. The van der Waals surface area contributed by atoms with Crippen LogP contribution in [0.25, 0.3) is 10.9 Å². The van der Waals surface area contributed by atoms with Gasteiger partial charge in [0.2, 0.25) is 0 Å². The molecule has 0 atom stereocenters. The largest absolute Gasteiger partial charge is 0.399 e. The third kappa shape index (κ3) is 1.61. The number of hydrogen-bond acceptors (Lipinski definition) is 1. The topological polar surface area (TPSA) is 30.9 Å². The van der Waals surface area contributed by atoms with Crippen molar-refractivity contribution in [3.8, 4) is 0 Å². The number of nitrogens with two attached hydrogens (primary N) is 1. The monoisotopic (exact) mass is 206 g/mol. The molecule has 1 aromatic carbocycles. The van der Waals surface area contributed by atoms with Gasteiger partial charge in [-0.05, 0) is 23.6 Å². The van der Waals surface area contributed by atoms with E-state index < -0.39 is 0 Å². The number of hydrogen-bond donors (Lipinski definition) is 1. The van der Waals surface area contributed by atoms with Crippen LogP contribution >= 0.6 is 11.6 Å². The van der Waals surface area contributed by atoms with Crippen LogP contribution in [0.15, 0.2) is 42.1 Å². The molecule has 0 aliphatic carbocycles. The van der Waals surface area contributed by atoms with Gasteiger partial charge in [0.05, 0.1) is 5.52 Å². The number of benzene rings is 1. The maximum absolute atomic E-state index is 5.72. The maximum atomic E-state index is 5.72. The Morgan fingerprint density at radius 3 is 3.00 bits per heavy atom. The lowest BCUT2D eigenvalue weighted by molar-refractivity contribution is 0.865. The van der Waals surface area contributed by atoms with Crippen LogP contribution in [0.3, 0.4) is 0 Å². The molecule has 3 heteroatoms. The third-order valence-electron chi connectivity index (χ3n) is 2.19. The molecule has 0 aliphatic rings. The smallest absolute Gasteiger partial charge is 0.0503 e. The van der Waals surface area contributed by atoms with E-state index in [1.165, 1.54) is 10.9 Å². The summed E-state index contributed by atoms with van der Waals surface area (Å²) >= 11 is 5.48. The maximum Gasteiger partial charge on any atom is 0.0503 e. The van der Waals surface area contributed by atoms with E-state index in [0.717, 1.165) is 17.7 Å². The molecule has 0 amide bonds. The van der Waals surface area contributed by atoms with Crippen LogP contribution in [0.2, 0.25) is 0 Å². The van der Waals surface area contributed by atoms with Crippen molar-refractivity contribution >= 4 is 28.2 Å². The van der Waals surface area contributed by atoms with E-state index in [1.807, 2.05) is 30.5 Å². The zero-order valence-corrected chi connectivity index (χ0v) is 8.41. The van der Waals surface area contributed by atoms with Gasteiger partial charge in [-0.25, -0.2) is 0 Å². The fourth-order valence-corrected chi connectivity index (χ4v) is 1.59. The van der Waals surface area contributed by atoms with Crippen molar-refractivity contribution in [3.63, 3.8) is 0 Å². The Kier molecular flexibility index (Phi) is 2.46. The molecule has 0 unspecified atom stereocenters. The zero-order valence-electron chi connectivity index (χ0n) is 7.65. The number of anilines is 1. The second-order valence-electron chi connectivity index (χ2n) is 3.15. The number of rotatable bonds is 2. The number of aromatic nitrogens is 1. The van der Waals surface area contributed by atoms with Gasteiger partial charge in [0, 0.05) is 24.0 Å². The van der Waals surface area contributed by atoms with E-state index in [2.05, 4.69) is 10.6 Å². The van der Waals surface area contributed by atoms with Crippen LogP contribution in [-0.2, 0) is 6.54 Å². The van der Waals surface area contributed by atoms with Crippen molar-refractivity contribution in [2.75, 3.05) is 5.73 Å². The molecule has 0 aliphatic heterocycles. The number of fused-ring (bicyclic) bond motifs is 1. The van der Waals surface area contributed by atoms with Crippen molar-refractivity contribution in [2.24, 2.45) is 0 Å². The Hall–Kier alpha value is -1.41. The van der Waals surface area contributed by atoms with Crippen LogP contribution in [0.1, 0.15) is 0 Å². The van der Waals surface area contributed by atoms with Crippen LogP contribution in [0, 0.1) is 0 Å². The molecule has 2 nitrogen and oxygen atoms in total. The Labute approximate surface area is 87.6 Å². The Balaban J connectivity index is 2.49. The molecule has 14 heavy (non-hydrogen) atoms. The normalized spacial score (nSPS) is 11.5. The van der Waals surface area contributed by atoms with Crippen molar-refractivity contribution in [3.05, 3.63) is 42.1 Å². The summed E-state index contributed by atoms with van der Waals surface area (Å²) in [5, 5.41) is 1.20. The highest BCUT2D eigenvalue weighted by atomic mass is 35.5. The summed E-state index contributed by atoms with van der Waals surface area (Å²) in [5.74, 6) is 0. The molecular weight excluding hydrogens is 196 g/mol. The van der Waals surface area contributed by atoms with Gasteiger partial charge in [-0.3, -0.25) is 0 Å². The Bertz CT molecular complexity index is 471. The lowest BCUT2D eigenvalue weighted by Crippen LogP contribution is -1.93. The van der Waals surface area contributed by atoms with Crippen LogP contribution < -0.4 is 5.73 Å². The zero-order chi connectivity index (χ0) is 9.97. The molecule has 0 spiro atoms. The number of nitrogen functional groups attached to an aromatic ring is 1. The van der Waals surface area contributed by atoms with E-state index in [-0.39, 0.29) is 0 Å². The molecule has 0 bridgehead atoms. The van der Waals surface area contributed by atoms with Crippen molar-refractivity contribution in [2.45, 2.75) is 6.54 Å². The first kappa shape index (κ1) is 9.16. The average molecular weight is 207 g/mol. The second-order valence-corrected chi connectivity index (χ2v) is 3.40. The highest BCUT2D eigenvalue weighted by Crippen LogP contribution is 2.18. The van der Waals surface area contributed by atoms with Crippen LogP contribution in [0.5, 0.6) is 0 Å². The fraction of sp³-hybridized carbons (Fsp3) is 0.0909. The van der Waals surface area contributed by atoms with Gasteiger partial charge < -0.3 is 10.3 Å². The molecule has 2 aromatic rings. The minimum atomic E-state index is 0.774. The van der Waals surface area contributed by atoms with Gasteiger partial charge in [-0.2, -0.15) is 0 Å². The average Bonchev–Trinajstić information content (AvgIpc) is 2.57. The fourth-order valence-electron chi connectivity index (χ4n) is 1.51. The molecule has 2 N–H and O–H groups in total. The Morgan fingerprint density at radius 1 is 1.36 bits per heavy atom. The summed E-state index contributed by atoms with van der Waals surface area (Å²) in [4.78, 5) is 0. The van der Waals surface area contributed by atoms with Crippen molar-refractivity contribution in [1.29, 1.82) is 0 Å². The van der Waals surface area contributed by atoms with E-state index in [0.29, 0.717) is 0 Å². The molecule has 0 radical (unpaired) electrons. The molecule has 72 valence electrons. The highest BCUT2D eigenvalue weighted by molar-refractivity contribution is 6.25. The van der Waals surface area contributed by atoms with Gasteiger partial charge in [0.25, 0.3) is 0 Å². The summed E-state index contributed by atoms with van der Waals surface area (Å²) in [5.41, 5.74) is 9.17. The minimum absolute atomic E-state index is 0.774. The molecular formula is C11H11ClN2. The minimum Gasteiger partial charge on any atom is -0.399 e. The summed E-state index contributed by atoms with van der Waals surface area (Å²) in [6.45, 7) is 0.774. The standard InChI is InChI=1S/C11H11ClN2/c12-5-1-6-14-7-4-9-2-3-10(13)8-11(9)14/h1-5,7-8H,6,13H2/b5-1+. The number of halogens is 1. The van der Waals surface area contributed by atoms with Gasteiger partial charge in [0.15, 0.2) is 0 Å². The number of allylic oxidation sites excluding steroid dienone is 1. The molecule has 2 rings (SSSR count). The SMILES string of the molecule is Nc1ccc2ccn(C/C=C/Cl)c2c1. The molecule has 0 fully saturated rings. The summed E-state index contributed by atoms with van der Waals surface area (Å²) in [6.07, 6.45) is 3.92. The second kappa shape index (κ2) is 3.76. The van der Waals surface area contributed by atoms with Gasteiger partial charge in [-0.15, -0.1) is 0 Å². The molecule has 0 saturated carbocycles. The van der Waals surface area contributed by atoms with Gasteiger partial charge in [0.1, 0.15) is 0 Å². The quantitative estimate of drug-likeness (QED) is 0.753. The lowest BCUT2D eigenvalue weighted by atomic mass is 10.2. The summed E-state index contributed by atoms with van der Waals surface area (Å²) in [7, 11) is 0. The van der Waals surface area contributed by atoms with E-state index in [4.69, 9.17) is 17.3 Å². The van der Waals surface area contributed by atoms with Crippen molar-refractivity contribution in [1.82, 2.24) is 4.57 Å². The van der Waals surface area contributed by atoms with Gasteiger partial charge in [-0.1, -0.05) is 23.7 Å². The van der Waals surface area contributed by atoms with Crippen molar-refractivity contribution < 1.29 is 0 Å². The first-order chi connectivity index (χ1) is 6.81. The summed E-state index contributed by atoms with van der Waals surface area (Å²) < 4.78 is 2.10. The van der Waals surface area contributed by atoms with Gasteiger partial charge >= 0.3 is 0 Å². The van der Waals surface area contributed by atoms with Crippen LogP contribution in [-0.4, -0.2) is 4.57 Å². The number of nitrogens with zero attached hydrogens (tertiary/aromatic N) is 1. The van der Waals surface area contributed by atoms with E-state index in [1.54, 1.807) is 0 Å². The molecule has 0 saturated heterocycles. The van der Waals surface area contributed by atoms with E-state index >= 15 is 0 Å². The van der Waals surface area contributed by atoms with Crippen LogP contribution in [0.4, 0.5) is 5.69 Å².